The summed E-state index contributed by atoms with van der Waals surface area (Å²) in [6, 6.07) is 14.9. The van der Waals surface area contributed by atoms with Crippen LogP contribution in [0.5, 0.6) is 0 Å². The normalized spacial score (nSPS) is 10.8. The van der Waals surface area contributed by atoms with Gasteiger partial charge in [0, 0.05) is 36.1 Å². The molecule has 2 aromatic carbocycles. The molecule has 1 aromatic heterocycles. The highest BCUT2D eigenvalue weighted by molar-refractivity contribution is 9.10. The molecule has 96 valence electrons. The van der Waals surface area contributed by atoms with E-state index >= 15 is 0 Å². The summed E-state index contributed by atoms with van der Waals surface area (Å²) in [6.07, 6.45) is 4.19. The third-order valence-corrected chi connectivity index (χ3v) is 3.69. The molecule has 0 aliphatic heterocycles. The van der Waals surface area contributed by atoms with Gasteiger partial charge in [-0.05, 0) is 46.7 Å². The average Bonchev–Trinajstić information content (AvgIpc) is 2.82. The van der Waals surface area contributed by atoms with Crippen LogP contribution >= 0.6 is 15.9 Å². The van der Waals surface area contributed by atoms with E-state index in [9.17, 15) is 0 Å². The van der Waals surface area contributed by atoms with Gasteiger partial charge in [0.15, 0.2) is 0 Å². The number of anilines is 1. The summed E-state index contributed by atoms with van der Waals surface area (Å²) in [7, 11) is 2.04. The van der Waals surface area contributed by atoms with Crippen LogP contribution < -0.4 is 5.32 Å². The minimum absolute atomic E-state index is 0.850. The lowest BCUT2D eigenvalue weighted by Crippen LogP contribution is -1.98. The zero-order chi connectivity index (χ0) is 13.2. The summed E-state index contributed by atoms with van der Waals surface area (Å²) in [5.41, 5.74) is 2.44. The Morgan fingerprint density at radius 3 is 2.63 bits per heavy atom. The summed E-state index contributed by atoms with van der Waals surface area (Å²) in [4.78, 5) is 0. The Labute approximate surface area is 121 Å². The quantitative estimate of drug-likeness (QED) is 0.750. The second-order valence-corrected chi connectivity index (χ2v) is 5.66. The van der Waals surface area contributed by atoms with Gasteiger partial charge in [-0.1, -0.05) is 28.1 Å². The van der Waals surface area contributed by atoms with Gasteiger partial charge < -0.3 is 9.88 Å². The van der Waals surface area contributed by atoms with Crippen LogP contribution in [0, 0.1) is 0 Å². The summed E-state index contributed by atoms with van der Waals surface area (Å²) < 4.78 is 3.18. The number of hydrogen-bond acceptors (Lipinski definition) is 1. The molecule has 19 heavy (non-hydrogen) atoms. The molecule has 0 aliphatic rings. The van der Waals surface area contributed by atoms with Crippen molar-refractivity contribution in [1.29, 1.82) is 0 Å². The van der Waals surface area contributed by atoms with Crippen molar-refractivity contribution >= 4 is 32.4 Å². The smallest absolute Gasteiger partial charge is 0.0415 e. The molecule has 0 amide bonds. The topological polar surface area (TPSA) is 17.0 Å². The van der Waals surface area contributed by atoms with Crippen LogP contribution in [0.1, 0.15) is 5.56 Å². The van der Waals surface area contributed by atoms with Crippen molar-refractivity contribution in [2.24, 2.45) is 7.05 Å². The van der Waals surface area contributed by atoms with Crippen LogP contribution in [0.25, 0.3) is 10.8 Å². The Hall–Kier alpha value is -1.74. The Bertz CT molecular complexity index is 716. The van der Waals surface area contributed by atoms with Crippen LogP contribution in [0.4, 0.5) is 5.69 Å². The molecule has 0 aliphatic carbocycles. The van der Waals surface area contributed by atoms with Crippen molar-refractivity contribution in [1.82, 2.24) is 4.57 Å². The molecule has 3 aromatic rings. The lowest BCUT2D eigenvalue weighted by Gasteiger charge is -2.07. The molecule has 3 rings (SSSR count). The fourth-order valence-electron chi connectivity index (χ4n) is 2.20. The fourth-order valence-corrected chi connectivity index (χ4v) is 2.57. The molecule has 1 N–H and O–H groups in total. The van der Waals surface area contributed by atoms with E-state index in [0.29, 0.717) is 0 Å². The number of hydrogen-bond donors (Lipinski definition) is 1. The zero-order valence-electron chi connectivity index (χ0n) is 10.7. The number of nitrogens with one attached hydrogen (secondary N) is 1. The van der Waals surface area contributed by atoms with E-state index in [1.54, 1.807) is 0 Å². The maximum absolute atomic E-state index is 3.50. The van der Waals surface area contributed by atoms with Crippen LogP contribution in [0.3, 0.4) is 0 Å². The van der Waals surface area contributed by atoms with Crippen molar-refractivity contribution in [2.75, 3.05) is 5.32 Å². The number of rotatable bonds is 3. The number of benzene rings is 2. The molecule has 0 atom stereocenters. The molecule has 0 fully saturated rings. The SMILES string of the molecule is Cn1ccc(CNc2ccc3cc(Br)ccc3c2)c1. The van der Waals surface area contributed by atoms with Crippen LogP contribution in [0.2, 0.25) is 0 Å². The first-order chi connectivity index (χ1) is 9.20. The van der Waals surface area contributed by atoms with Gasteiger partial charge >= 0.3 is 0 Å². The first kappa shape index (κ1) is 12.3. The van der Waals surface area contributed by atoms with E-state index in [1.165, 1.54) is 16.3 Å². The molecule has 0 bridgehead atoms. The maximum atomic E-state index is 3.50. The molecule has 0 saturated heterocycles. The number of aromatic nitrogens is 1. The first-order valence-corrected chi connectivity index (χ1v) is 7.04. The minimum atomic E-state index is 0.850. The van der Waals surface area contributed by atoms with E-state index in [1.807, 2.05) is 7.05 Å². The lowest BCUT2D eigenvalue weighted by molar-refractivity contribution is 0.920. The van der Waals surface area contributed by atoms with Gasteiger partial charge in [0.1, 0.15) is 0 Å². The third kappa shape index (κ3) is 2.82. The Morgan fingerprint density at radius 1 is 1.05 bits per heavy atom. The van der Waals surface area contributed by atoms with E-state index in [2.05, 4.69) is 80.7 Å². The average molecular weight is 315 g/mol. The second-order valence-electron chi connectivity index (χ2n) is 4.75. The van der Waals surface area contributed by atoms with Gasteiger partial charge in [-0.25, -0.2) is 0 Å². The standard InChI is InChI=1S/C16H15BrN2/c1-19-7-6-12(11-19)10-18-16-5-3-13-8-15(17)4-2-14(13)9-16/h2-9,11,18H,10H2,1H3. The van der Waals surface area contributed by atoms with Crippen LogP contribution in [-0.4, -0.2) is 4.57 Å². The van der Waals surface area contributed by atoms with Crippen molar-refractivity contribution < 1.29 is 0 Å². The van der Waals surface area contributed by atoms with Crippen molar-refractivity contribution in [3.8, 4) is 0 Å². The van der Waals surface area contributed by atoms with Crippen molar-refractivity contribution in [3.05, 3.63) is 64.9 Å². The maximum Gasteiger partial charge on any atom is 0.0415 e. The molecule has 0 radical (unpaired) electrons. The van der Waals surface area contributed by atoms with E-state index in [0.717, 1.165) is 16.7 Å². The Balaban J connectivity index is 1.79. The first-order valence-electron chi connectivity index (χ1n) is 6.25. The number of halogens is 1. The molecule has 1 heterocycles. The molecule has 0 spiro atoms. The summed E-state index contributed by atoms with van der Waals surface area (Å²) in [6.45, 7) is 0.850. The lowest BCUT2D eigenvalue weighted by atomic mass is 10.1. The molecular weight excluding hydrogens is 300 g/mol. The number of nitrogens with zero attached hydrogens (tertiary/aromatic N) is 1. The number of fused-ring (bicyclic) bond motifs is 1. The predicted octanol–water partition coefficient (Wildman–Crippen LogP) is 4.55. The van der Waals surface area contributed by atoms with Crippen molar-refractivity contribution in [3.63, 3.8) is 0 Å². The Kier molecular flexibility index (Phi) is 3.30. The van der Waals surface area contributed by atoms with Gasteiger partial charge in [-0.15, -0.1) is 0 Å². The van der Waals surface area contributed by atoms with Gasteiger partial charge in [0.05, 0.1) is 0 Å². The fraction of sp³-hybridized carbons (Fsp3) is 0.125. The van der Waals surface area contributed by atoms with Crippen LogP contribution in [0.15, 0.2) is 59.3 Å². The van der Waals surface area contributed by atoms with E-state index in [4.69, 9.17) is 0 Å². The Morgan fingerprint density at radius 2 is 1.84 bits per heavy atom. The minimum Gasteiger partial charge on any atom is -0.381 e. The van der Waals surface area contributed by atoms with Gasteiger partial charge in [0.25, 0.3) is 0 Å². The second kappa shape index (κ2) is 5.10. The molecule has 0 unspecified atom stereocenters. The summed E-state index contributed by atoms with van der Waals surface area (Å²) in [5.74, 6) is 0. The predicted molar refractivity (Wildman–Crippen MR) is 84.4 cm³/mol. The molecule has 2 nitrogen and oxygen atoms in total. The molecule has 3 heteroatoms. The molecule has 0 saturated carbocycles. The monoisotopic (exact) mass is 314 g/mol. The van der Waals surface area contributed by atoms with Gasteiger partial charge in [-0.3, -0.25) is 0 Å². The van der Waals surface area contributed by atoms with E-state index in [-0.39, 0.29) is 0 Å². The van der Waals surface area contributed by atoms with Crippen molar-refractivity contribution in [2.45, 2.75) is 6.54 Å². The van der Waals surface area contributed by atoms with Crippen LogP contribution in [-0.2, 0) is 13.6 Å². The third-order valence-electron chi connectivity index (χ3n) is 3.19. The van der Waals surface area contributed by atoms with Gasteiger partial charge in [0.2, 0.25) is 0 Å². The summed E-state index contributed by atoms with van der Waals surface area (Å²) in [5, 5.41) is 5.96. The zero-order valence-corrected chi connectivity index (χ0v) is 12.3. The molecular formula is C16H15BrN2. The summed E-state index contributed by atoms with van der Waals surface area (Å²) >= 11 is 3.50. The number of aryl methyl sites for hydroxylation is 1. The van der Waals surface area contributed by atoms with E-state index < -0.39 is 0 Å². The highest BCUT2D eigenvalue weighted by atomic mass is 79.9. The largest absolute Gasteiger partial charge is 0.381 e. The highest BCUT2D eigenvalue weighted by Gasteiger charge is 1.99. The van der Waals surface area contributed by atoms with Gasteiger partial charge in [-0.2, -0.15) is 0 Å². The highest BCUT2D eigenvalue weighted by Crippen LogP contribution is 2.23.